The number of ether oxygens (including phenoxy) is 1. The maximum Gasteiger partial charge on any atom is 0.329 e. The highest BCUT2D eigenvalue weighted by molar-refractivity contribution is 7.91. The lowest BCUT2D eigenvalue weighted by molar-refractivity contribution is -0.120. The summed E-state index contributed by atoms with van der Waals surface area (Å²) < 4.78 is 52.4. The van der Waals surface area contributed by atoms with Crippen LogP contribution in [-0.4, -0.2) is 104 Å². The third-order valence-corrected chi connectivity index (χ3v) is 12.2. The molecule has 0 saturated carbocycles. The second-order valence-corrected chi connectivity index (χ2v) is 16.8. The number of anilines is 4. The average molecular weight is 834 g/mol. The van der Waals surface area contributed by atoms with Crippen molar-refractivity contribution >= 4 is 61.5 Å². The lowest BCUT2D eigenvalue weighted by Crippen LogP contribution is -2.49. The molecule has 2 aliphatic rings. The molecule has 2 fully saturated rings. The molecule has 0 aliphatic carbocycles. The number of urea groups is 1. The fourth-order valence-corrected chi connectivity index (χ4v) is 8.80. The van der Waals surface area contributed by atoms with Gasteiger partial charge in [-0.2, -0.15) is 19.7 Å². The largest absolute Gasteiger partial charge is 0.485 e. The van der Waals surface area contributed by atoms with Crippen LogP contribution >= 0.6 is 0 Å². The molecule has 20 heteroatoms. The molecule has 0 atom stereocenters. The Bertz CT molecular complexity index is 2890. The summed E-state index contributed by atoms with van der Waals surface area (Å²) in [6.45, 7) is 7.51. The summed E-state index contributed by atoms with van der Waals surface area (Å²) >= 11 is 0. The summed E-state index contributed by atoms with van der Waals surface area (Å²) in [5.41, 5.74) is 4.25. The molecule has 0 bridgehead atoms. The van der Waals surface area contributed by atoms with E-state index in [2.05, 4.69) is 56.9 Å². The van der Waals surface area contributed by atoms with Gasteiger partial charge in [-0.25, -0.2) is 22.6 Å². The number of benzene rings is 3. The smallest absolute Gasteiger partial charge is 0.329 e. The molecule has 60 heavy (non-hydrogen) atoms. The third kappa shape index (κ3) is 7.34. The molecule has 0 radical (unpaired) electrons. The van der Waals surface area contributed by atoms with Gasteiger partial charge in [-0.05, 0) is 67.9 Å². The molecule has 3 amide bonds. The summed E-state index contributed by atoms with van der Waals surface area (Å²) in [6.07, 6.45) is 4.78. The van der Waals surface area contributed by atoms with Crippen LogP contribution in [0.1, 0.15) is 25.8 Å². The van der Waals surface area contributed by atoms with E-state index in [1.807, 2.05) is 39.1 Å². The molecular weight excluding hydrogens is 794 g/mol. The first kappa shape index (κ1) is 38.6. The Kier molecular flexibility index (Phi) is 9.87. The number of carbonyl (C=O) groups excluding carboxylic acids is 2. The number of piperazine rings is 1. The number of nitrogens with one attached hydrogen (secondary N) is 3. The number of halogens is 1. The van der Waals surface area contributed by atoms with Gasteiger partial charge in [0.2, 0.25) is 27.3 Å². The van der Waals surface area contributed by atoms with Gasteiger partial charge in [-0.1, -0.05) is 12.1 Å². The molecule has 2 saturated heterocycles. The van der Waals surface area contributed by atoms with E-state index in [1.54, 1.807) is 29.2 Å². The molecule has 3 N–H and O–H groups in total. The minimum absolute atomic E-state index is 0.0117. The second-order valence-electron chi connectivity index (χ2n) is 14.9. The predicted molar refractivity (Wildman–Crippen MR) is 219 cm³/mol. The molecule has 0 unspecified atom stereocenters. The van der Waals surface area contributed by atoms with Gasteiger partial charge in [0.05, 0.1) is 33.3 Å². The normalized spacial score (nSPS) is 15.3. The Morgan fingerprint density at radius 2 is 1.78 bits per heavy atom. The van der Waals surface area contributed by atoms with Crippen molar-refractivity contribution in [3.63, 3.8) is 0 Å². The predicted octanol–water partition coefficient (Wildman–Crippen LogP) is 4.67. The quantitative estimate of drug-likeness (QED) is 0.163. The summed E-state index contributed by atoms with van der Waals surface area (Å²) in [5, 5.41) is 21.8. The van der Waals surface area contributed by atoms with Crippen LogP contribution in [0.3, 0.4) is 0 Å². The number of aryl methyl sites for hydroxylation is 1. The van der Waals surface area contributed by atoms with E-state index in [-0.39, 0.29) is 46.4 Å². The zero-order valence-electron chi connectivity index (χ0n) is 32.8. The lowest BCUT2D eigenvalue weighted by Gasteiger charge is -2.36. The van der Waals surface area contributed by atoms with Crippen molar-refractivity contribution in [1.29, 1.82) is 0 Å². The van der Waals surface area contributed by atoms with Crippen LogP contribution in [0.2, 0.25) is 0 Å². The number of hydrogen-bond donors (Lipinski definition) is 3. The number of carbonyl (C=O) groups is 2. The van der Waals surface area contributed by atoms with Crippen molar-refractivity contribution in [2.45, 2.75) is 42.7 Å². The monoisotopic (exact) mass is 833 g/mol. The van der Waals surface area contributed by atoms with Crippen molar-refractivity contribution in [3.8, 4) is 17.0 Å². The van der Waals surface area contributed by atoms with Crippen molar-refractivity contribution in [3.05, 3.63) is 90.8 Å². The van der Waals surface area contributed by atoms with E-state index >= 15 is 4.39 Å². The van der Waals surface area contributed by atoms with Gasteiger partial charge in [0.1, 0.15) is 17.8 Å². The Balaban J connectivity index is 0.857. The molecule has 7 aromatic rings. The van der Waals surface area contributed by atoms with E-state index < -0.39 is 21.7 Å². The standard InChI is InChI=1S/C40H40FN13O5S/c1-24(2)59-36-35(26-20-43-44-21-26)42-23-54-38(36)47-39(49-54)45-32-10-8-29(19-31(32)41)60(57,58)28-6-4-5-25(17-28)22-51-13-15-52(16-14-51)27-7-9-30-33(18-27)50(3)48-37(30)53-12-11-34(55)46-40(53)56/h4-10,17-21,23-24H,11-16,22H2,1-3H3,(H,43,44)(H,45,49)(H,46,55,56). The number of amides is 3. The number of fused-ring (bicyclic) bond motifs is 2. The molecular formula is C40H40FN13O5S. The van der Waals surface area contributed by atoms with E-state index in [4.69, 9.17) is 4.74 Å². The number of hydrogen-bond acceptors (Lipinski definition) is 13. The van der Waals surface area contributed by atoms with E-state index in [1.165, 1.54) is 33.9 Å². The Hall–Kier alpha value is -6.93. The van der Waals surface area contributed by atoms with Crippen LogP contribution < -0.4 is 25.2 Å². The van der Waals surface area contributed by atoms with Crippen molar-refractivity contribution in [2.24, 2.45) is 7.05 Å². The molecule has 0 spiro atoms. The Morgan fingerprint density at radius 3 is 2.53 bits per heavy atom. The van der Waals surface area contributed by atoms with Gasteiger partial charge in [0.15, 0.2) is 11.6 Å². The minimum Gasteiger partial charge on any atom is -0.485 e. The lowest BCUT2D eigenvalue weighted by atomic mass is 10.1. The van der Waals surface area contributed by atoms with Gasteiger partial charge < -0.3 is 15.0 Å². The molecule has 2 aliphatic heterocycles. The summed E-state index contributed by atoms with van der Waals surface area (Å²) in [6, 6.07) is 16.0. The number of rotatable bonds is 11. The van der Waals surface area contributed by atoms with Crippen molar-refractivity contribution < 1.29 is 27.1 Å². The van der Waals surface area contributed by atoms with Crippen LogP contribution in [0.15, 0.2) is 89.2 Å². The molecule has 3 aromatic carbocycles. The zero-order chi connectivity index (χ0) is 41.7. The molecule has 9 rings (SSSR count). The summed E-state index contributed by atoms with van der Waals surface area (Å²) in [7, 11) is -2.24. The van der Waals surface area contributed by atoms with Crippen LogP contribution in [0.25, 0.3) is 27.8 Å². The Morgan fingerprint density at radius 1 is 0.967 bits per heavy atom. The molecule has 18 nitrogen and oxygen atoms in total. The number of imide groups is 1. The second kappa shape index (κ2) is 15.3. The SMILES string of the molecule is CC(C)Oc1c(-c2cn[nH]c2)ncn2nc(Nc3ccc(S(=O)(=O)c4cccc(CN5CCN(c6ccc7c(N8CCC(=O)NC8=O)nn(C)c7c6)CC5)c4)cc3F)nc12. The van der Waals surface area contributed by atoms with Crippen LogP contribution in [0, 0.1) is 5.82 Å². The molecule has 308 valence electrons. The first-order valence-corrected chi connectivity index (χ1v) is 20.8. The highest BCUT2D eigenvalue weighted by Crippen LogP contribution is 2.34. The number of H-pyrrole nitrogens is 1. The van der Waals surface area contributed by atoms with Gasteiger partial charge in [-0.15, -0.1) is 5.10 Å². The first-order chi connectivity index (χ1) is 28.9. The summed E-state index contributed by atoms with van der Waals surface area (Å²) in [4.78, 5) is 39.1. The van der Waals surface area contributed by atoms with Crippen LogP contribution in [0.5, 0.6) is 5.75 Å². The van der Waals surface area contributed by atoms with Gasteiger partial charge in [0.25, 0.3) is 0 Å². The van der Waals surface area contributed by atoms with E-state index in [0.717, 1.165) is 54.4 Å². The van der Waals surface area contributed by atoms with E-state index in [9.17, 15) is 18.0 Å². The third-order valence-electron chi connectivity index (χ3n) is 10.4. The fraction of sp³-hybridized carbons (Fsp3) is 0.275. The maximum atomic E-state index is 15.6. The number of nitrogens with zero attached hydrogens (tertiary/aromatic N) is 10. The van der Waals surface area contributed by atoms with E-state index in [0.29, 0.717) is 35.0 Å². The van der Waals surface area contributed by atoms with Crippen LogP contribution in [0.4, 0.5) is 32.3 Å². The molecule has 4 aromatic heterocycles. The van der Waals surface area contributed by atoms with Gasteiger partial charge in [-0.3, -0.25) is 29.7 Å². The number of aromatic nitrogens is 8. The topological polar surface area (TPSA) is 201 Å². The Labute approximate surface area is 342 Å². The fourth-order valence-electron chi connectivity index (χ4n) is 7.46. The zero-order valence-corrected chi connectivity index (χ0v) is 33.6. The van der Waals surface area contributed by atoms with Crippen molar-refractivity contribution in [2.75, 3.05) is 47.8 Å². The van der Waals surface area contributed by atoms with Gasteiger partial charge >= 0.3 is 6.03 Å². The summed E-state index contributed by atoms with van der Waals surface area (Å²) in [5.74, 6) is -0.139. The average Bonchev–Trinajstić information content (AvgIpc) is 3.99. The molecule has 6 heterocycles. The highest BCUT2D eigenvalue weighted by atomic mass is 32.2. The van der Waals surface area contributed by atoms with Gasteiger partial charge in [0, 0.05) is 75.6 Å². The number of aromatic amines is 1. The first-order valence-electron chi connectivity index (χ1n) is 19.3. The van der Waals surface area contributed by atoms with Crippen molar-refractivity contribution in [1.82, 2.24) is 49.8 Å². The highest BCUT2D eigenvalue weighted by Gasteiger charge is 2.29. The maximum absolute atomic E-state index is 15.6. The number of sulfone groups is 1. The van der Waals surface area contributed by atoms with Crippen LogP contribution in [-0.2, 0) is 28.2 Å². The minimum atomic E-state index is -4.07.